The lowest BCUT2D eigenvalue weighted by molar-refractivity contribution is 0.309. The number of hydrogen-bond acceptors (Lipinski definition) is 4. The van der Waals surface area contributed by atoms with E-state index in [2.05, 4.69) is 45.7 Å². The highest BCUT2D eigenvalue weighted by atomic mass is 32.2. The summed E-state index contributed by atoms with van der Waals surface area (Å²) in [5.74, 6) is 0.973. The van der Waals surface area contributed by atoms with Gasteiger partial charge >= 0.3 is 0 Å². The van der Waals surface area contributed by atoms with Crippen molar-refractivity contribution in [2.24, 2.45) is 4.99 Å². The molecule has 1 heterocycles. The summed E-state index contributed by atoms with van der Waals surface area (Å²) in [6.07, 6.45) is 7.74. The van der Waals surface area contributed by atoms with Crippen molar-refractivity contribution >= 4 is 23.8 Å². The Hall–Kier alpha value is -1.62. The second kappa shape index (κ2) is 7.09. The molecule has 0 atom stereocenters. The molecule has 0 fully saturated rings. The molecule has 1 aliphatic heterocycles. The van der Waals surface area contributed by atoms with E-state index in [1.54, 1.807) is 25.1 Å². The highest BCUT2D eigenvalue weighted by Gasteiger charge is 2.17. The predicted molar refractivity (Wildman–Crippen MR) is 82.6 cm³/mol. The van der Waals surface area contributed by atoms with E-state index in [1.165, 1.54) is 10.6 Å². The van der Waals surface area contributed by atoms with Crippen LogP contribution in [0.4, 0.5) is 5.69 Å². The van der Waals surface area contributed by atoms with E-state index in [0.29, 0.717) is 0 Å². The number of rotatable bonds is 5. The molecule has 1 N–H and O–H groups in total. The first-order chi connectivity index (χ1) is 9.35. The van der Waals surface area contributed by atoms with E-state index in [-0.39, 0.29) is 0 Å². The average Bonchev–Trinajstić information content (AvgIpc) is 2.46. The van der Waals surface area contributed by atoms with Crippen LogP contribution in [0.25, 0.3) is 0 Å². The van der Waals surface area contributed by atoms with Gasteiger partial charge in [-0.1, -0.05) is 0 Å². The lowest BCUT2D eigenvalue weighted by atomic mass is 10.2. The third kappa shape index (κ3) is 3.67. The van der Waals surface area contributed by atoms with Gasteiger partial charge in [0, 0.05) is 18.5 Å². The summed E-state index contributed by atoms with van der Waals surface area (Å²) >= 11 is 1.75. The molecule has 4 nitrogen and oxygen atoms in total. The molecule has 5 heteroatoms. The number of ether oxygens (including phenoxy) is 1. The maximum atomic E-state index is 5.69. The molecule has 0 bridgehead atoms. The van der Waals surface area contributed by atoms with E-state index in [0.717, 1.165) is 25.4 Å². The molecule has 1 aromatic rings. The minimum atomic E-state index is 0.739. The molecule has 0 spiro atoms. The topological polar surface area (TPSA) is 36.9 Å². The van der Waals surface area contributed by atoms with Crippen molar-refractivity contribution in [2.75, 3.05) is 37.9 Å². The molecule has 0 radical (unpaired) electrons. The molecule has 0 amide bonds. The Morgan fingerprint density at radius 3 is 3.21 bits per heavy atom. The van der Waals surface area contributed by atoms with Gasteiger partial charge in [0.1, 0.15) is 12.4 Å². The van der Waals surface area contributed by atoms with Gasteiger partial charge < -0.3 is 15.0 Å². The lowest BCUT2D eigenvalue weighted by Crippen LogP contribution is -2.32. The Kier molecular flexibility index (Phi) is 5.15. The van der Waals surface area contributed by atoms with Crippen LogP contribution in [0.2, 0.25) is 0 Å². The highest BCUT2D eigenvalue weighted by molar-refractivity contribution is 7.98. The summed E-state index contributed by atoms with van der Waals surface area (Å²) in [7, 11) is 1.74. The van der Waals surface area contributed by atoms with Crippen molar-refractivity contribution in [3.8, 4) is 5.75 Å². The number of hydrogen-bond donors (Lipinski definition) is 1. The van der Waals surface area contributed by atoms with Gasteiger partial charge in [-0.2, -0.15) is 0 Å². The molecule has 0 saturated heterocycles. The molecule has 19 heavy (non-hydrogen) atoms. The Morgan fingerprint density at radius 1 is 1.53 bits per heavy atom. The van der Waals surface area contributed by atoms with Crippen LogP contribution in [0.3, 0.4) is 0 Å². The number of nitrogens with zero attached hydrogens (tertiary/aromatic N) is 2. The number of anilines is 1. The summed E-state index contributed by atoms with van der Waals surface area (Å²) in [4.78, 5) is 7.43. The SMILES string of the molecule is CN=CN/C=C/CN1CCOc2ccc(SC)cc21. The second-order valence-corrected chi connectivity index (χ2v) is 4.96. The molecule has 0 aromatic heterocycles. The molecule has 0 saturated carbocycles. The van der Waals surface area contributed by atoms with Crippen LogP contribution < -0.4 is 15.0 Å². The fraction of sp³-hybridized carbons (Fsp3) is 0.357. The molecule has 102 valence electrons. The van der Waals surface area contributed by atoms with Gasteiger partial charge in [-0.3, -0.25) is 4.99 Å². The van der Waals surface area contributed by atoms with Crippen LogP contribution >= 0.6 is 11.8 Å². The maximum Gasteiger partial charge on any atom is 0.142 e. The molecule has 0 unspecified atom stereocenters. The van der Waals surface area contributed by atoms with Crippen LogP contribution in [0.5, 0.6) is 5.75 Å². The smallest absolute Gasteiger partial charge is 0.142 e. The number of aliphatic imine (C=N–C) groups is 1. The van der Waals surface area contributed by atoms with Crippen LogP contribution in [-0.4, -0.2) is 39.3 Å². The summed E-state index contributed by atoms with van der Waals surface area (Å²) in [6.45, 7) is 2.51. The first kappa shape index (κ1) is 13.8. The van der Waals surface area contributed by atoms with Crippen molar-refractivity contribution in [3.63, 3.8) is 0 Å². The monoisotopic (exact) mass is 277 g/mol. The van der Waals surface area contributed by atoms with Crippen molar-refractivity contribution in [3.05, 3.63) is 30.5 Å². The molecule has 2 rings (SSSR count). The zero-order chi connectivity index (χ0) is 13.5. The second-order valence-electron chi connectivity index (χ2n) is 4.08. The molecule has 1 aliphatic rings. The van der Waals surface area contributed by atoms with Gasteiger partial charge in [0.15, 0.2) is 0 Å². The average molecular weight is 277 g/mol. The first-order valence-corrected chi connectivity index (χ1v) is 7.45. The van der Waals surface area contributed by atoms with Gasteiger partial charge in [-0.05, 0) is 36.7 Å². The Bertz CT molecular complexity index is 474. The summed E-state index contributed by atoms with van der Waals surface area (Å²) in [5, 5.41) is 2.99. The van der Waals surface area contributed by atoms with Gasteiger partial charge in [0.05, 0.1) is 18.6 Å². The standard InChI is InChI=1S/C14H19N3OS/c1-15-11-16-6-3-7-17-8-9-18-14-5-4-12(19-2)10-13(14)17/h3-6,10-11H,7-9H2,1-2H3,(H,15,16)/b6-3+. The van der Waals surface area contributed by atoms with E-state index in [1.807, 2.05) is 6.20 Å². The normalized spacial score (nSPS) is 14.7. The molecule has 1 aromatic carbocycles. The molecule has 0 aliphatic carbocycles. The van der Waals surface area contributed by atoms with Crippen molar-refractivity contribution in [1.29, 1.82) is 0 Å². The van der Waals surface area contributed by atoms with Gasteiger partial charge in [-0.25, -0.2) is 0 Å². The van der Waals surface area contributed by atoms with Crippen LogP contribution in [0.1, 0.15) is 0 Å². The number of nitrogens with one attached hydrogen (secondary N) is 1. The predicted octanol–water partition coefficient (Wildman–Crippen LogP) is 2.37. The Labute approximate surface area is 118 Å². The third-order valence-electron chi connectivity index (χ3n) is 2.87. The van der Waals surface area contributed by atoms with Gasteiger partial charge in [0.25, 0.3) is 0 Å². The summed E-state index contributed by atoms with van der Waals surface area (Å²) in [6, 6.07) is 6.34. The highest BCUT2D eigenvalue weighted by Crippen LogP contribution is 2.34. The van der Waals surface area contributed by atoms with Gasteiger partial charge in [-0.15, -0.1) is 11.8 Å². The summed E-state index contributed by atoms with van der Waals surface area (Å²) < 4.78 is 5.69. The lowest BCUT2D eigenvalue weighted by Gasteiger charge is -2.30. The fourth-order valence-electron chi connectivity index (χ4n) is 1.93. The van der Waals surface area contributed by atoms with Crippen LogP contribution in [0.15, 0.2) is 40.4 Å². The summed E-state index contributed by atoms with van der Waals surface area (Å²) in [5.41, 5.74) is 1.17. The van der Waals surface area contributed by atoms with E-state index in [9.17, 15) is 0 Å². The number of thioether (sulfide) groups is 1. The minimum absolute atomic E-state index is 0.739. The number of fused-ring (bicyclic) bond motifs is 1. The first-order valence-electron chi connectivity index (χ1n) is 6.22. The van der Waals surface area contributed by atoms with Crippen molar-refractivity contribution in [2.45, 2.75) is 4.90 Å². The van der Waals surface area contributed by atoms with E-state index >= 15 is 0 Å². The van der Waals surface area contributed by atoms with Crippen LogP contribution in [-0.2, 0) is 0 Å². The Morgan fingerprint density at radius 2 is 2.42 bits per heavy atom. The van der Waals surface area contributed by atoms with Gasteiger partial charge in [0.2, 0.25) is 0 Å². The minimum Gasteiger partial charge on any atom is -0.490 e. The zero-order valence-corrected chi connectivity index (χ0v) is 12.1. The quantitative estimate of drug-likeness (QED) is 0.509. The zero-order valence-electron chi connectivity index (χ0n) is 11.3. The largest absolute Gasteiger partial charge is 0.490 e. The van der Waals surface area contributed by atoms with E-state index in [4.69, 9.17) is 4.74 Å². The molecular weight excluding hydrogens is 258 g/mol. The number of benzene rings is 1. The Balaban J connectivity index is 2.06. The molecular formula is C14H19N3OS. The van der Waals surface area contributed by atoms with Crippen molar-refractivity contribution < 1.29 is 4.74 Å². The van der Waals surface area contributed by atoms with Crippen molar-refractivity contribution in [1.82, 2.24) is 5.32 Å². The van der Waals surface area contributed by atoms with E-state index < -0.39 is 0 Å². The van der Waals surface area contributed by atoms with Crippen LogP contribution in [0, 0.1) is 0 Å². The maximum absolute atomic E-state index is 5.69. The fourth-order valence-corrected chi connectivity index (χ4v) is 2.37. The third-order valence-corrected chi connectivity index (χ3v) is 3.59.